The van der Waals surface area contributed by atoms with Gasteiger partial charge in [0.2, 0.25) is 0 Å². The smallest absolute Gasteiger partial charge is 0.0992 e. The highest BCUT2D eigenvalue weighted by molar-refractivity contribution is 6.31. The Bertz CT molecular complexity index is 422. The van der Waals surface area contributed by atoms with Gasteiger partial charge in [0.25, 0.3) is 0 Å². The van der Waals surface area contributed by atoms with E-state index in [2.05, 4.69) is 30.1 Å². The second-order valence-corrected chi connectivity index (χ2v) is 4.88. The molecule has 1 rings (SSSR count). The molecule has 19 heavy (non-hydrogen) atoms. The van der Waals surface area contributed by atoms with Crippen LogP contribution in [0.4, 0.5) is 0 Å². The van der Waals surface area contributed by atoms with Crippen molar-refractivity contribution in [3.05, 3.63) is 34.3 Å². The molecule has 0 aliphatic carbocycles. The molecule has 0 fully saturated rings. The van der Waals surface area contributed by atoms with Crippen molar-refractivity contribution in [2.45, 2.75) is 26.8 Å². The summed E-state index contributed by atoms with van der Waals surface area (Å²) in [4.78, 5) is 2.41. The van der Waals surface area contributed by atoms with Crippen molar-refractivity contribution in [1.29, 1.82) is 5.26 Å². The van der Waals surface area contributed by atoms with Crippen LogP contribution in [0.5, 0.6) is 0 Å². The highest BCUT2D eigenvalue weighted by Gasteiger charge is 2.02. The van der Waals surface area contributed by atoms with E-state index in [1.54, 1.807) is 12.1 Å². The molecule has 4 heteroatoms. The summed E-state index contributed by atoms with van der Waals surface area (Å²) in [7, 11) is 0. The van der Waals surface area contributed by atoms with Crippen molar-refractivity contribution in [2.75, 3.05) is 26.2 Å². The van der Waals surface area contributed by atoms with Crippen molar-refractivity contribution in [2.24, 2.45) is 0 Å². The number of hydrogen-bond donors (Lipinski definition) is 1. The van der Waals surface area contributed by atoms with Crippen LogP contribution in [-0.2, 0) is 6.54 Å². The Labute approximate surface area is 121 Å². The van der Waals surface area contributed by atoms with Gasteiger partial charge in [-0.3, -0.25) is 0 Å². The molecular formula is C15H22ClN3. The first-order valence-corrected chi connectivity index (χ1v) is 7.20. The molecule has 0 atom stereocenters. The molecule has 1 aromatic rings. The number of nitrogens with one attached hydrogen (secondary N) is 1. The minimum Gasteiger partial charge on any atom is -0.313 e. The topological polar surface area (TPSA) is 39.1 Å². The van der Waals surface area contributed by atoms with E-state index >= 15 is 0 Å². The van der Waals surface area contributed by atoms with Crippen LogP contribution in [0.3, 0.4) is 0 Å². The molecule has 0 unspecified atom stereocenters. The van der Waals surface area contributed by atoms with E-state index in [0.717, 1.165) is 44.7 Å². The molecule has 0 aliphatic heterocycles. The van der Waals surface area contributed by atoms with Crippen LogP contribution in [0.15, 0.2) is 18.2 Å². The standard InChI is InChI=1S/C15H22ClN3/c1-3-19(4-2)9-5-8-18-12-14-7-6-13(11-17)10-15(14)16/h6-7,10,18H,3-5,8-9,12H2,1-2H3. The van der Waals surface area contributed by atoms with Gasteiger partial charge < -0.3 is 10.2 Å². The Morgan fingerprint density at radius 2 is 2.05 bits per heavy atom. The summed E-state index contributed by atoms with van der Waals surface area (Å²) in [5.41, 5.74) is 1.65. The van der Waals surface area contributed by atoms with Crippen LogP contribution in [-0.4, -0.2) is 31.1 Å². The molecule has 104 valence electrons. The molecule has 0 bridgehead atoms. The second kappa shape index (κ2) is 8.92. The van der Waals surface area contributed by atoms with Gasteiger partial charge in [0, 0.05) is 11.6 Å². The number of halogens is 1. The van der Waals surface area contributed by atoms with Crippen LogP contribution >= 0.6 is 11.6 Å². The SMILES string of the molecule is CCN(CC)CCCNCc1ccc(C#N)cc1Cl. The van der Waals surface area contributed by atoms with E-state index in [1.165, 1.54) is 0 Å². The van der Waals surface area contributed by atoms with Gasteiger partial charge in [0.05, 0.1) is 11.6 Å². The molecule has 0 heterocycles. The summed E-state index contributed by atoms with van der Waals surface area (Å²) >= 11 is 6.12. The fourth-order valence-corrected chi connectivity index (χ4v) is 2.20. The maximum absolute atomic E-state index is 8.77. The third-order valence-electron chi connectivity index (χ3n) is 3.22. The van der Waals surface area contributed by atoms with Crippen molar-refractivity contribution in [3.8, 4) is 6.07 Å². The van der Waals surface area contributed by atoms with Gasteiger partial charge in [-0.1, -0.05) is 31.5 Å². The number of nitriles is 1. The van der Waals surface area contributed by atoms with Crippen molar-refractivity contribution >= 4 is 11.6 Å². The molecular weight excluding hydrogens is 258 g/mol. The normalized spacial score (nSPS) is 10.7. The zero-order valence-electron chi connectivity index (χ0n) is 11.7. The molecule has 0 amide bonds. The predicted octanol–water partition coefficient (Wildman–Crippen LogP) is 3.03. The van der Waals surface area contributed by atoms with Crippen LogP contribution < -0.4 is 5.32 Å². The first kappa shape index (κ1) is 16.0. The monoisotopic (exact) mass is 279 g/mol. The number of rotatable bonds is 8. The molecule has 0 saturated heterocycles. The Morgan fingerprint density at radius 3 is 2.63 bits per heavy atom. The zero-order valence-corrected chi connectivity index (χ0v) is 12.5. The number of hydrogen-bond acceptors (Lipinski definition) is 3. The van der Waals surface area contributed by atoms with E-state index in [-0.39, 0.29) is 0 Å². The first-order valence-electron chi connectivity index (χ1n) is 6.82. The quantitative estimate of drug-likeness (QED) is 0.744. The lowest BCUT2D eigenvalue weighted by Crippen LogP contribution is -2.27. The molecule has 3 nitrogen and oxygen atoms in total. The lowest BCUT2D eigenvalue weighted by molar-refractivity contribution is 0.298. The summed E-state index contributed by atoms with van der Waals surface area (Å²) in [6.45, 7) is 9.45. The Hall–Kier alpha value is -1.08. The highest BCUT2D eigenvalue weighted by atomic mass is 35.5. The van der Waals surface area contributed by atoms with Gasteiger partial charge in [-0.2, -0.15) is 5.26 Å². The Kier molecular flexibility index (Phi) is 7.50. The lowest BCUT2D eigenvalue weighted by Gasteiger charge is -2.17. The van der Waals surface area contributed by atoms with E-state index in [0.29, 0.717) is 10.6 Å². The molecule has 0 aliphatic rings. The molecule has 0 radical (unpaired) electrons. The summed E-state index contributed by atoms with van der Waals surface area (Å²) < 4.78 is 0. The highest BCUT2D eigenvalue weighted by Crippen LogP contribution is 2.17. The predicted molar refractivity (Wildman–Crippen MR) is 80.3 cm³/mol. The molecule has 0 saturated carbocycles. The summed E-state index contributed by atoms with van der Waals surface area (Å²) in [5, 5.41) is 12.8. The minimum absolute atomic E-state index is 0.607. The van der Waals surface area contributed by atoms with Gasteiger partial charge in [-0.15, -0.1) is 0 Å². The fourth-order valence-electron chi connectivity index (χ4n) is 1.95. The third kappa shape index (κ3) is 5.61. The van der Waals surface area contributed by atoms with E-state index in [1.807, 2.05) is 6.07 Å². The lowest BCUT2D eigenvalue weighted by atomic mass is 10.1. The van der Waals surface area contributed by atoms with Crippen LogP contribution in [0.1, 0.15) is 31.4 Å². The fraction of sp³-hybridized carbons (Fsp3) is 0.533. The van der Waals surface area contributed by atoms with Crippen molar-refractivity contribution in [1.82, 2.24) is 10.2 Å². The second-order valence-electron chi connectivity index (χ2n) is 4.48. The summed E-state index contributed by atoms with van der Waals surface area (Å²) in [6.07, 6.45) is 1.13. The van der Waals surface area contributed by atoms with Gasteiger partial charge in [0.15, 0.2) is 0 Å². The largest absolute Gasteiger partial charge is 0.313 e. The summed E-state index contributed by atoms with van der Waals surface area (Å²) in [5.74, 6) is 0. The van der Waals surface area contributed by atoms with E-state index in [4.69, 9.17) is 16.9 Å². The Balaban J connectivity index is 2.28. The van der Waals surface area contributed by atoms with Crippen molar-refractivity contribution < 1.29 is 0 Å². The maximum Gasteiger partial charge on any atom is 0.0992 e. The van der Waals surface area contributed by atoms with Gasteiger partial charge >= 0.3 is 0 Å². The maximum atomic E-state index is 8.77. The summed E-state index contributed by atoms with van der Waals surface area (Å²) in [6, 6.07) is 7.52. The van der Waals surface area contributed by atoms with E-state index in [9.17, 15) is 0 Å². The van der Waals surface area contributed by atoms with Crippen LogP contribution in [0, 0.1) is 11.3 Å². The minimum atomic E-state index is 0.607. The molecule has 0 aromatic heterocycles. The van der Waals surface area contributed by atoms with Crippen molar-refractivity contribution in [3.63, 3.8) is 0 Å². The van der Waals surface area contributed by atoms with Crippen LogP contribution in [0.2, 0.25) is 5.02 Å². The average molecular weight is 280 g/mol. The Morgan fingerprint density at radius 1 is 1.32 bits per heavy atom. The first-order chi connectivity index (χ1) is 9.21. The molecule has 1 N–H and O–H groups in total. The molecule has 0 spiro atoms. The van der Waals surface area contributed by atoms with Crippen LogP contribution in [0.25, 0.3) is 0 Å². The third-order valence-corrected chi connectivity index (χ3v) is 3.57. The van der Waals surface area contributed by atoms with E-state index < -0.39 is 0 Å². The van der Waals surface area contributed by atoms with Gasteiger partial charge in [-0.05, 0) is 50.3 Å². The van der Waals surface area contributed by atoms with Gasteiger partial charge in [-0.25, -0.2) is 0 Å². The van der Waals surface area contributed by atoms with Gasteiger partial charge in [0.1, 0.15) is 0 Å². The average Bonchev–Trinajstić information content (AvgIpc) is 2.44. The number of benzene rings is 1. The zero-order chi connectivity index (χ0) is 14.1. The number of nitrogens with zero attached hydrogens (tertiary/aromatic N) is 2. The molecule has 1 aromatic carbocycles.